The summed E-state index contributed by atoms with van der Waals surface area (Å²) in [6.45, 7) is -0.0798. The predicted octanol–water partition coefficient (Wildman–Crippen LogP) is 1.86. The number of hydrogen-bond acceptors (Lipinski definition) is 8. The van der Waals surface area contributed by atoms with E-state index in [2.05, 4.69) is 20.6 Å². The van der Waals surface area contributed by atoms with Gasteiger partial charge in [0, 0.05) is 6.07 Å². The van der Waals surface area contributed by atoms with Crippen molar-refractivity contribution in [1.82, 2.24) is 10.1 Å². The van der Waals surface area contributed by atoms with Gasteiger partial charge in [-0.05, 0) is 36.4 Å². The average molecular weight is 487 g/mol. The molecule has 3 aromatic rings. The molecule has 1 aromatic heterocycles. The Morgan fingerprint density at radius 3 is 2.47 bits per heavy atom. The summed E-state index contributed by atoms with van der Waals surface area (Å²) < 4.78 is 42.6. The molecular formula is C22H22N4O7S. The highest BCUT2D eigenvalue weighted by Crippen LogP contribution is 2.28. The van der Waals surface area contributed by atoms with E-state index in [1.165, 1.54) is 44.7 Å². The van der Waals surface area contributed by atoms with Crippen LogP contribution in [-0.4, -0.2) is 40.7 Å². The highest BCUT2D eigenvalue weighted by Gasteiger charge is 2.16. The molecule has 1 heterocycles. The molecule has 0 spiro atoms. The smallest absolute Gasteiger partial charge is 0.329 e. The molecule has 0 aliphatic heterocycles. The number of anilines is 1. The standard InChI is InChI=1S/C22H22N4O7S/c1-31-15-10-11-19(20(12-15)32-2)25-21(27)22(28)26-23-13-16-8-9-17(33-16)14-24-34(29,30)18-6-4-3-5-7-18/h3-13,24H,14H2,1-2H3,(H,25,27)(H,26,28)/b23-13+. The van der Waals surface area contributed by atoms with Crippen LogP contribution in [0.4, 0.5) is 5.69 Å². The van der Waals surface area contributed by atoms with Crippen LogP contribution >= 0.6 is 0 Å². The van der Waals surface area contributed by atoms with Crippen LogP contribution in [-0.2, 0) is 26.2 Å². The Morgan fingerprint density at radius 1 is 1.00 bits per heavy atom. The molecule has 0 aliphatic carbocycles. The monoisotopic (exact) mass is 486 g/mol. The molecule has 0 saturated heterocycles. The zero-order chi connectivity index (χ0) is 24.6. The summed E-state index contributed by atoms with van der Waals surface area (Å²) in [6, 6.07) is 15.7. The minimum Gasteiger partial charge on any atom is -0.497 e. The number of benzene rings is 2. The third-order valence-corrected chi connectivity index (χ3v) is 5.81. The molecule has 11 nitrogen and oxygen atoms in total. The number of sulfonamides is 1. The number of carbonyl (C=O) groups excluding carboxylic acids is 2. The topological polar surface area (TPSA) is 148 Å². The number of hydrazone groups is 1. The Labute approximate surface area is 195 Å². The Kier molecular flexibility index (Phi) is 8.01. The fraction of sp³-hybridized carbons (Fsp3) is 0.136. The quantitative estimate of drug-likeness (QED) is 0.237. The molecular weight excluding hydrogens is 464 g/mol. The van der Waals surface area contributed by atoms with Gasteiger partial charge in [0.25, 0.3) is 0 Å². The first-order chi connectivity index (χ1) is 16.3. The number of hydrogen-bond donors (Lipinski definition) is 3. The summed E-state index contributed by atoms with van der Waals surface area (Å²) in [5.74, 6) is -0.569. The van der Waals surface area contributed by atoms with Crippen LogP contribution in [0.5, 0.6) is 11.5 Å². The van der Waals surface area contributed by atoms with Crippen LogP contribution in [0.25, 0.3) is 0 Å². The van der Waals surface area contributed by atoms with Crippen LogP contribution < -0.4 is 24.9 Å². The summed E-state index contributed by atoms with van der Waals surface area (Å²) in [5.41, 5.74) is 2.36. The molecule has 0 aliphatic rings. The SMILES string of the molecule is COc1ccc(NC(=O)C(=O)N/N=C/c2ccc(CNS(=O)(=O)c3ccccc3)o2)c(OC)c1. The van der Waals surface area contributed by atoms with Crippen molar-refractivity contribution >= 4 is 33.7 Å². The second-order valence-corrected chi connectivity index (χ2v) is 8.43. The van der Waals surface area contributed by atoms with E-state index in [1.807, 2.05) is 0 Å². The first-order valence-corrected chi connectivity index (χ1v) is 11.3. The lowest BCUT2D eigenvalue weighted by Crippen LogP contribution is -2.32. The summed E-state index contributed by atoms with van der Waals surface area (Å²) in [6.07, 6.45) is 1.17. The summed E-state index contributed by atoms with van der Waals surface area (Å²) in [4.78, 5) is 24.2. The Hall–Kier alpha value is -4.16. The lowest BCUT2D eigenvalue weighted by atomic mass is 10.2. The third-order valence-electron chi connectivity index (χ3n) is 4.39. The minimum absolute atomic E-state index is 0.0798. The first-order valence-electron chi connectivity index (χ1n) is 9.82. The van der Waals surface area contributed by atoms with Crippen molar-refractivity contribution in [2.45, 2.75) is 11.4 Å². The Balaban J connectivity index is 1.52. The molecule has 0 radical (unpaired) electrons. The Morgan fingerprint density at radius 2 is 1.76 bits per heavy atom. The largest absolute Gasteiger partial charge is 0.497 e. The van der Waals surface area contributed by atoms with E-state index in [0.717, 1.165) is 0 Å². The van der Waals surface area contributed by atoms with E-state index in [1.54, 1.807) is 36.4 Å². The van der Waals surface area contributed by atoms with Crippen molar-refractivity contribution in [3.05, 3.63) is 72.2 Å². The highest BCUT2D eigenvalue weighted by molar-refractivity contribution is 7.89. The number of rotatable bonds is 9. The molecule has 2 amide bonds. The van der Waals surface area contributed by atoms with E-state index in [-0.39, 0.29) is 22.9 Å². The number of nitrogens with zero attached hydrogens (tertiary/aromatic N) is 1. The minimum atomic E-state index is -3.68. The maximum atomic E-state index is 12.2. The van der Waals surface area contributed by atoms with Gasteiger partial charge in [-0.25, -0.2) is 18.6 Å². The second-order valence-electron chi connectivity index (χ2n) is 6.66. The number of carbonyl (C=O) groups is 2. The van der Waals surface area contributed by atoms with Crippen molar-refractivity contribution in [2.24, 2.45) is 5.10 Å². The zero-order valence-corrected chi connectivity index (χ0v) is 19.1. The van der Waals surface area contributed by atoms with Crippen LogP contribution in [0.3, 0.4) is 0 Å². The van der Waals surface area contributed by atoms with Gasteiger partial charge in [-0.3, -0.25) is 9.59 Å². The number of nitrogens with one attached hydrogen (secondary N) is 3. The molecule has 34 heavy (non-hydrogen) atoms. The summed E-state index contributed by atoms with van der Waals surface area (Å²) in [5, 5.41) is 6.09. The zero-order valence-electron chi connectivity index (χ0n) is 18.3. The van der Waals surface area contributed by atoms with Gasteiger partial charge in [0.2, 0.25) is 10.0 Å². The fourth-order valence-corrected chi connectivity index (χ4v) is 3.71. The highest BCUT2D eigenvalue weighted by atomic mass is 32.2. The molecule has 2 aromatic carbocycles. The summed E-state index contributed by atoms with van der Waals surface area (Å²) >= 11 is 0. The van der Waals surface area contributed by atoms with E-state index < -0.39 is 21.8 Å². The van der Waals surface area contributed by atoms with Crippen LogP contribution in [0.15, 0.2) is 75.1 Å². The van der Waals surface area contributed by atoms with Crippen molar-refractivity contribution in [3.8, 4) is 11.5 Å². The molecule has 0 unspecified atom stereocenters. The second kappa shape index (κ2) is 11.1. The normalized spacial score (nSPS) is 11.2. The van der Waals surface area contributed by atoms with E-state index >= 15 is 0 Å². The maximum absolute atomic E-state index is 12.2. The summed E-state index contributed by atoms with van der Waals surface area (Å²) in [7, 11) is -0.777. The van der Waals surface area contributed by atoms with E-state index in [0.29, 0.717) is 17.3 Å². The van der Waals surface area contributed by atoms with E-state index in [4.69, 9.17) is 13.9 Å². The van der Waals surface area contributed by atoms with Gasteiger partial charge in [-0.2, -0.15) is 5.10 Å². The lowest BCUT2D eigenvalue weighted by molar-refractivity contribution is -0.136. The molecule has 0 atom stereocenters. The number of methoxy groups -OCH3 is 2. The molecule has 3 N–H and O–H groups in total. The van der Waals surface area contributed by atoms with Gasteiger partial charge in [0.1, 0.15) is 23.0 Å². The van der Waals surface area contributed by atoms with Crippen LogP contribution in [0.2, 0.25) is 0 Å². The number of ether oxygens (including phenoxy) is 2. The number of amides is 2. The predicted molar refractivity (Wildman–Crippen MR) is 123 cm³/mol. The van der Waals surface area contributed by atoms with Gasteiger partial charge in [0.15, 0.2) is 0 Å². The molecule has 0 saturated carbocycles. The van der Waals surface area contributed by atoms with Crippen molar-refractivity contribution in [2.75, 3.05) is 19.5 Å². The number of furan rings is 1. The van der Waals surface area contributed by atoms with Gasteiger partial charge >= 0.3 is 11.8 Å². The first kappa shape index (κ1) is 24.5. The fourth-order valence-electron chi connectivity index (χ4n) is 2.69. The molecule has 0 fully saturated rings. The van der Waals surface area contributed by atoms with E-state index in [9.17, 15) is 18.0 Å². The average Bonchev–Trinajstić information content (AvgIpc) is 3.31. The van der Waals surface area contributed by atoms with Gasteiger partial charge in [0.05, 0.1) is 37.6 Å². The van der Waals surface area contributed by atoms with Gasteiger partial charge in [-0.1, -0.05) is 18.2 Å². The van der Waals surface area contributed by atoms with Crippen molar-refractivity contribution < 1.29 is 31.9 Å². The Bertz CT molecular complexity index is 1290. The lowest BCUT2D eigenvalue weighted by Gasteiger charge is -2.10. The van der Waals surface area contributed by atoms with Gasteiger partial charge < -0.3 is 19.2 Å². The molecule has 12 heteroatoms. The van der Waals surface area contributed by atoms with Crippen molar-refractivity contribution in [1.29, 1.82) is 0 Å². The molecule has 178 valence electrons. The maximum Gasteiger partial charge on any atom is 0.329 e. The van der Waals surface area contributed by atoms with Crippen LogP contribution in [0.1, 0.15) is 11.5 Å². The third kappa shape index (κ3) is 6.43. The molecule has 0 bridgehead atoms. The van der Waals surface area contributed by atoms with Crippen LogP contribution in [0, 0.1) is 0 Å². The molecule has 3 rings (SSSR count). The van der Waals surface area contributed by atoms with Crippen molar-refractivity contribution in [3.63, 3.8) is 0 Å². The van der Waals surface area contributed by atoms with Gasteiger partial charge in [-0.15, -0.1) is 0 Å².